The summed E-state index contributed by atoms with van der Waals surface area (Å²) in [5.74, 6) is 0.163. The monoisotopic (exact) mass is 529 g/mol. The SMILES string of the molecule is CC(C)Oc1ccc(-c2nc(-c3cccc(-c4ccc(Cn5ccnc5)cc4)c3C(F)(F)F)no2)cc1C#N. The van der Waals surface area contributed by atoms with E-state index in [9.17, 15) is 18.4 Å². The first-order valence-electron chi connectivity index (χ1n) is 12.0. The molecule has 7 nitrogen and oxygen atoms in total. The predicted octanol–water partition coefficient (Wildman–Crippen LogP) is 6.99. The van der Waals surface area contributed by atoms with E-state index in [4.69, 9.17) is 9.26 Å². The van der Waals surface area contributed by atoms with Crippen LogP contribution >= 0.6 is 0 Å². The second-order valence-electron chi connectivity index (χ2n) is 9.07. The molecule has 0 saturated carbocycles. The van der Waals surface area contributed by atoms with E-state index >= 15 is 0 Å². The normalized spacial score (nSPS) is 11.5. The van der Waals surface area contributed by atoms with Gasteiger partial charge in [0.05, 0.1) is 23.6 Å². The van der Waals surface area contributed by atoms with Crippen molar-refractivity contribution in [3.8, 4) is 45.8 Å². The van der Waals surface area contributed by atoms with Crippen molar-refractivity contribution < 1.29 is 22.4 Å². The highest BCUT2D eigenvalue weighted by Crippen LogP contribution is 2.43. The van der Waals surface area contributed by atoms with Crippen molar-refractivity contribution in [1.82, 2.24) is 19.7 Å². The lowest BCUT2D eigenvalue weighted by atomic mass is 9.94. The molecular weight excluding hydrogens is 507 g/mol. The molecule has 0 unspecified atom stereocenters. The van der Waals surface area contributed by atoms with Crippen LogP contribution in [0.2, 0.25) is 0 Å². The molecule has 0 spiro atoms. The highest BCUT2D eigenvalue weighted by Gasteiger charge is 2.38. The standard InChI is InChI=1S/C29H22F3N5O2/c1-18(2)38-25-11-10-21(14-22(25)15-33)28-35-27(36-39-28)24-5-3-4-23(26(24)29(30,31)32)20-8-6-19(7-9-20)16-37-13-12-34-17-37/h3-14,17-18H,16H2,1-2H3. The van der Waals surface area contributed by atoms with Crippen LogP contribution in [-0.2, 0) is 12.7 Å². The van der Waals surface area contributed by atoms with Gasteiger partial charge in [0.2, 0.25) is 5.82 Å². The maximum Gasteiger partial charge on any atom is 0.417 e. The van der Waals surface area contributed by atoms with Gasteiger partial charge in [-0.15, -0.1) is 0 Å². The first-order chi connectivity index (χ1) is 18.7. The molecule has 0 aliphatic heterocycles. The van der Waals surface area contributed by atoms with Crippen molar-refractivity contribution >= 4 is 0 Å². The maximum atomic E-state index is 14.4. The summed E-state index contributed by atoms with van der Waals surface area (Å²) in [4.78, 5) is 8.25. The van der Waals surface area contributed by atoms with E-state index in [1.54, 1.807) is 48.9 Å². The quantitative estimate of drug-likeness (QED) is 0.226. The van der Waals surface area contributed by atoms with Crippen LogP contribution in [0, 0.1) is 11.3 Å². The first-order valence-corrected chi connectivity index (χ1v) is 12.0. The lowest BCUT2D eigenvalue weighted by Crippen LogP contribution is -2.10. The van der Waals surface area contributed by atoms with E-state index in [1.807, 2.05) is 24.6 Å². The molecule has 0 N–H and O–H groups in total. The summed E-state index contributed by atoms with van der Waals surface area (Å²) in [6.45, 7) is 4.22. The van der Waals surface area contributed by atoms with E-state index in [2.05, 4.69) is 21.2 Å². The molecule has 2 heterocycles. The minimum absolute atomic E-state index is 0.00230. The Kier molecular flexibility index (Phi) is 6.90. The summed E-state index contributed by atoms with van der Waals surface area (Å²) in [6, 6.07) is 17.9. The molecule has 0 radical (unpaired) electrons. The van der Waals surface area contributed by atoms with Gasteiger partial charge in [-0.25, -0.2) is 4.98 Å². The third kappa shape index (κ3) is 5.52. The number of nitriles is 1. The molecule has 0 aliphatic rings. The molecule has 5 rings (SSSR count). The average Bonchev–Trinajstić information content (AvgIpc) is 3.61. The zero-order valence-corrected chi connectivity index (χ0v) is 21.0. The summed E-state index contributed by atoms with van der Waals surface area (Å²) in [5, 5.41) is 13.4. The van der Waals surface area contributed by atoms with Crippen LogP contribution in [-0.4, -0.2) is 25.8 Å². The van der Waals surface area contributed by atoms with Gasteiger partial charge in [0, 0.05) is 30.1 Å². The van der Waals surface area contributed by atoms with Gasteiger partial charge in [-0.3, -0.25) is 0 Å². The molecule has 5 aromatic rings. The Morgan fingerprint density at radius 2 is 1.77 bits per heavy atom. The van der Waals surface area contributed by atoms with Crippen molar-refractivity contribution in [3.63, 3.8) is 0 Å². The van der Waals surface area contributed by atoms with Gasteiger partial charge in [-0.2, -0.15) is 23.4 Å². The molecule has 3 aromatic carbocycles. The third-order valence-corrected chi connectivity index (χ3v) is 5.91. The van der Waals surface area contributed by atoms with Gasteiger partial charge in [-0.1, -0.05) is 47.6 Å². The lowest BCUT2D eigenvalue weighted by Gasteiger charge is -2.16. The predicted molar refractivity (Wildman–Crippen MR) is 137 cm³/mol. The molecule has 0 saturated heterocycles. The largest absolute Gasteiger partial charge is 0.490 e. The molecule has 10 heteroatoms. The van der Waals surface area contributed by atoms with E-state index in [0.717, 1.165) is 5.56 Å². The minimum Gasteiger partial charge on any atom is -0.490 e. The highest BCUT2D eigenvalue weighted by atomic mass is 19.4. The first kappa shape index (κ1) is 25.7. The number of nitrogens with zero attached hydrogens (tertiary/aromatic N) is 5. The summed E-state index contributed by atoms with van der Waals surface area (Å²) in [5.41, 5.74) is 0.890. The van der Waals surface area contributed by atoms with Gasteiger partial charge in [0.25, 0.3) is 5.89 Å². The molecule has 0 bridgehead atoms. The number of hydrogen-bond acceptors (Lipinski definition) is 6. The molecule has 0 amide bonds. The Hall–Kier alpha value is -4.91. The number of hydrogen-bond donors (Lipinski definition) is 0. The smallest absolute Gasteiger partial charge is 0.417 e. The van der Waals surface area contributed by atoms with E-state index < -0.39 is 11.7 Å². The topological polar surface area (TPSA) is 89.8 Å². The second-order valence-corrected chi connectivity index (χ2v) is 9.07. The zero-order chi connectivity index (χ0) is 27.6. The molecule has 0 atom stereocenters. The van der Waals surface area contributed by atoms with Gasteiger partial charge in [0.1, 0.15) is 11.8 Å². The van der Waals surface area contributed by atoms with Crippen LogP contribution in [0.3, 0.4) is 0 Å². The Bertz CT molecular complexity index is 1630. The molecule has 0 fully saturated rings. The second kappa shape index (κ2) is 10.5. The van der Waals surface area contributed by atoms with Crippen molar-refractivity contribution in [2.75, 3.05) is 0 Å². The number of imidazole rings is 1. The van der Waals surface area contributed by atoms with E-state index in [0.29, 0.717) is 23.4 Å². The van der Waals surface area contributed by atoms with Gasteiger partial charge in [-0.05, 0) is 48.7 Å². The van der Waals surface area contributed by atoms with Crippen molar-refractivity contribution in [2.24, 2.45) is 0 Å². The number of benzene rings is 3. The van der Waals surface area contributed by atoms with Crippen LogP contribution in [0.4, 0.5) is 13.2 Å². The van der Waals surface area contributed by atoms with Crippen LogP contribution in [0.15, 0.2) is 83.9 Å². The number of alkyl halides is 3. The van der Waals surface area contributed by atoms with Crippen molar-refractivity contribution in [3.05, 3.63) is 96.1 Å². The Morgan fingerprint density at radius 1 is 1.03 bits per heavy atom. The number of rotatable bonds is 7. The summed E-state index contributed by atoms with van der Waals surface area (Å²) in [6.07, 6.45) is 0.322. The van der Waals surface area contributed by atoms with Crippen LogP contribution in [0.1, 0.15) is 30.5 Å². The number of halogens is 3. The summed E-state index contributed by atoms with van der Waals surface area (Å²) in [7, 11) is 0. The summed E-state index contributed by atoms with van der Waals surface area (Å²) >= 11 is 0. The lowest BCUT2D eigenvalue weighted by molar-refractivity contribution is -0.136. The zero-order valence-electron chi connectivity index (χ0n) is 21.0. The Morgan fingerprint density at radius 3 is 2.44 bits per heavy atom. The number of aromatic nitrogens is 4. The van der Waals surface area contributed by atoms with Crippen LogP contribution < -0.4 is 4.74 Å². The fourth-order valence-corrected chi connectivity index (χ4v) is 4.22. The fourth-order valence-electron chi connectivity index (χ4n) is 4.22. The maximum absolute atomic E-state index is 14.4. The van der Waals surface area contributed by atoms with E-state index in [-0.39, 0.29) is 34.5 Å². The van der Waals surface area contributed by atoms with Crippen molar-refractivity contribution in [2.45, 2.75) is 32.7 Å². The van der Waals surface area contributed by atoms with Crippen molar-refractivity contribution in [1.29, 1.82) is 5.26 Å². The third-order valence-electron chi connectivity index (χ3n) is 5.91. The molecule has 196 valence electrons. The highest BCUT2D eigenvalue weighted by molar-refractivity contribution is 5.77. The Labute approximate surface area is 222 Å². The van der Waals surface area contributed by atoms with E-state index in [1.165, 1.54) is 24.3 Å². The number of ether oxygens (including phenoxy) is 1. The molecule has 2 aromatic heterocycles. The summed E-state index contributed by atoms with van der Waals surface area (Å²) < 4.78 is 56.1. The molecule has 0 aliphatic carbocycles. The van der Waals surface area contributed by atoms with Gasteiger partial charge >= 0.3 is 6.18 Å². The molecule has 39 heavy (non-hydrogen) atoms. The van der Waals surface area contributed by atoms with Crippen LogP contribution in [0.5, 0.6) is 5.75 Å². The fraction of sp³-hybridized carbons (Fsp3) is 0.172. The molecular formula is C29H22F3N5O2. The van der Waals surface area contributed by atoms with Gasteiger partial charge < -0.3 is 13.8 Å². The Balaban J connectivity index is 1.51. The minimum atomic E-state index is -4.69. The van der Waals surface area contributed by atoms with Crippen LogP contribution in [0.25, 0.3) is 34.0 Å². The average molecular weight is 530 g/mol. The van der Waals surface area contributed by atoms with Gasteiger partial charge in [0.15, 0.2) is 0 Å².